The van der Waals surface area contributed by atoms with Gasteiger partial charge in [-0.1, -0.05) is 25.1 Å². The van der Waals surface area contributed by atoms with E-state index < -0.39 is 0 Å². The monoisotopic (exact) mass is 407 g/mol. The van der Waals surface area contributed by atoms with Gasteiger partial charge in [0, 0.05) is 61.7 Å². The lowest BCUT2D eigenvalue weighted by Crippen LogP contribution is -2.27. The lowest BCUT2D eigenvalue weighted by molar-refractivity contribution is -0.115. The minimum absolute atomic E-state index is 0.235. The first-order chi connectivity index (χ1) is 14.3. The summed E-state index contributed by atoms with van der Waals surface area (Å²) < 4.78 is 5.93. The van der Waals surface area contributed by atoms with Crippen LogP contribution in [0.15, 0.2) is 46.9 Å². The van der Waals surface area contributed by atoms with Crippen molar-refractivity contribution in [1.29, 1.82) is 0 Å². The highest BCUT2D eigenvalue weighted by Gasteiger charge is 2.19. The molecule has 30 heavy (non-hydrogen) atoms. The third kappa shape index (κ3) is 4.68. The van der Waals surface area contributed by atoms with Crippen molar-refractivity contribution < 1.29 is 18.8 Å². The van der Waals surface area contributed by atoms with E-state index in [2.05, 4.69) is 10.6 Å². The summed E-state index contributed by atoms with van der Waals surface area (Å²) in [5.41, 5.74) is 3.01. The van der Waals surface area contributed by atoms with Crippen LogP contribution in [-0.4, -0.2) is 29.7 Å². The van der Waals surface area contributed by atoms with Crippen molar-refractivity contribution in [3.63, 3.8) is 0 Å². The van der Waals surface area contributed by atoms with Gasteiger partial charge < -0.3 is 20.0 Å². The van der Waals surface area contributed by atoms with E-state index >= 15 is 0 Å². The molecular formula is C23H25N3O4. The summed E-state index contributed by atoms with van der Waals surface area (Å²) in [7, 11) is 1.71. The molecule has 0 atom stereocenters. The number of hydrogen-bond acceptors (Lipinski definition) is 4. The molecule has 0 aliphatic rings. The van der Waals surface area contributed by atoms with Crippen molar-refractivity contribution in [3.8, 4) is 0 Å². The second-order valence-electron chi connectivity index (χ2n) is 7.18. The molecule has 7 heteroatoms. The molecule has 2 N–H and O–H groups in total. The predicted molar refractivity (Wildman–Crippen MR) is 116 cm³/mol. The van der Waals surface area contributed by atoms with Crippen molar-refractivity contribution in [2.24, 2.45) is 0 Å². The number of anilines is 2. The van der Waals surface area contributed by atoms with Crippen LogP contribution in [0.2, 0.25) is 0 Å². The normalized spacial score (nSPS) is 10.7. The number of para-hydroxylation sites is 1. The van der Waals surface area contributed by atoms with Crippen LogP contribution in [0.5, 0.6) is 0 Å². The standard InChI is InChI=1S/C23H25N3O4/c1-5-21-20(19-8-6-7-9-22(19)30-21)13-26(4)23(29)16-10-17(24-14(2)27)12-18(11-16)25-15(3)28/h6-12H,5,13H2,1-4H3,(H,24,27)(H,25,28). The summed E-state index contributed by atoms with van der Waals surface area (Å²) in [6.07, 6.45) is 0.719. The van der Waals surface area contributed by atoms with Gasteiger partial charge in [-0.2, -0.15) is 0 Å². The minimum atomic E-state index is -0.265. The van der Waals surface area contributed by atoms with E-state index in [1.807, 2.05) is 31.2 Å². The largest absolute Gasteiger partial charge is 0.461 e. The van der Waals surface area contributed by atoms with Crippen LogP contribution in [0.1, 0.15) is 42.5 Å². The van der Waals surface area contributed by atoms with Gasteiger partial charge >= 0.3 is 0 Å². The number of amides is 3. The molecule has 0 fully saturated rings. The van der Waals surface area contributed by atoms with Crippen LogP contribution in [0.4, 0.5) is 11.4 Å². The summed E-state index contributed by atoms with van der Waals surface area (Å²) in [6, 6.07) is 12.6. The van der Waals surface area contributed by atoms with Gasteiger partial charge in [0.1, 0.15) is 11.3 Å². The van der Waals surface area contributed by atoms with Crippen molar-refractivity contribution in [1.82, 2.24) is 4.90 Å². The maximum atomic E-state index is 13.2. The molecule has 0 saturated carbocycles. The van der Waals surface area contributed by atoms with Crippen LogP contribution >= 0.6 is 0 Å². The van der Waals surface area contributed by atoms with Crippen LogP contribution in [-0.2, 0) is 22.6 Å². The van der Waals surface area contributed by atoms with Crippen LogP contribution in [0, 0.1) is 0 Å². The first-order valence-electron chi connectivity index (χ1n) is 9.73. The molecule has 1 aromatic heterocycles. The fourth-order valence-corrected chi connectivity index (χ4v) is 3.44. The maximum Gasteiger partial charge on any atom is 0.254 e. The zero-order chi connectivity index (χ0) is 21.8. The fraction of sp³-hybridized carbons (Fsp3) is 0.261. The zero-order valence-corrected chi connectivity index (χ0v) is 17.5. The van der Waals surface area contributed by atoms with E-state index in [0.29, 0.717) is 23.5 Å². The van der Waals surface area contributed by atoms with Gasteiger partial charge in [0.05, 0.1) is 0 Å². The van der Waals surface area contributed by atoms with E-state index in [1.165, 1.54) is 13.8 Å². The molecule has 0 saturated heterocycles. The van der Waals surface area contributed by atoms with Gasteiger partial charge in [0.2, 0.25) is 11.8 Å². The molecule has 0 aliphatic carbocycles. The number of nitrogens with zero attached hydrogens (tertiary/aromatic N) is 1. The second kappa shape index (κ2) is 8.82. The van der Waals surface area contributed by atoms with Gasteiger partial charge in [0.25, 0.3) is 5.91 Å². The fourth-order valence-electron chi connectivity index (χ4n) is 3.44. The van der Waals surface area contributed by atoms with E-state index in [4.69, 9.17) is 4.42 Å². The molecule has 0 unspecified atom stereocenters. The van der Waals surface area contributed by atoms with E-state index in [9.17, 15) is 14.4 Å². The molecule has 3 aromatic rings. The quantitative estimate of drug-likeness (QED) is 0.641. The molecule has 156 valence electrons. The van der Waals surface area contributed by atoms with Gasteiger partial charge in [0.15, 0.2) is 0 Å². The molecule has 0 bridgehead atoms. The highest BCUT2D eigenvalue weighted by molar-refractivity contribution is 6.00. The Morgan fingerprint density at radius 3 is 2.13 bits per heavy atom. The second-order valence-corrected chi connectivity index (χ2v) is 7.18. The summed E-state index contributed by atoms with van der Waals surface area (Å²) in [5, 5.41) is 6.32. The number of fused-ring (bicyclic) bond motifs is 1. The Morgan fingerprint density at radius 2 is 1.57 bits per heavy atom. The lowest BCUT2D eigenvalue weighted by atomic mass is 10.1. The number of hydrogen-bond donors (Lipinski definition) is 2. The van der Waals surface area contributed by atoms with E-state index in [0.717, 1.165) is 28.7 Å². The maximum absolute atomic E-state index is 13.2. The average molecular weight is 407 g/mol. The first-order valence-corrected chi connectivity index (χ1v) is 9.73. The highest BCUT2D eigenvalue weighted by Crippen LogP contribution is 2.28. The molecule has 0 radical (unpaired) electrons. The number of carbonyl (C=O) groups excluding carboxylic acids is 3. The van der Waals surface area contributed by atoms with Gasteiger partial charge in [-0.3, -0.25) is 14.4 Å². The van der Waals surface area contributed by atoms with Crippen molar-refractivity contribution in [2.75, 3.05) is 17.7 Å². The number of aryl methyl sites for hydroxylation is 1. The number of rotatable bonds is 6. The average Bonchev–Trinajstić information content (AvgIpc) is 3.03. The van der Waals surface area contributed by atoms with E-state index in [-0.39, 0.29) is 17.7 Å². The summed E-state index contributed by atoms with van der Waals surface area (Å²) in [4.78, 5) is 37.7. The van der Waals surface area contributed by atoms with E-state index in [1.54, 1.807) is 30.1 Å². The molecule has 0 spiro atoms. The predicted octanol–water partition coefficient (Wildman–Crippen LogP) is 4.18. The van der Waals surface area contributed by atoms with Crippen molar-refractivity contribution in [3.05, 3.63) is 59.4 Å². The van der Waals surface area contributed by atoms with Gasteiger partial charge in [-0.15, -0.1) is 0 Å². The number of benzene rings is 2. The minimum Gasteiger partial charge on any atom is -0.461 e. The van der Waals surface area contributed by atoms with Crippen molar-refractivity contribution in [2.45, 2.75) is 33.7 Å². The Kier molecular flexibility index (Phi) is 6.20. The van der Waals surface area contributed by atoms with Crippen molar-refractivity contribution >= 4 is 40.1 Å². The number of furan rings is 1. The Hall–Kier alpha value is -3.61. The van der Waals surface area contributed by atoms with Crippen LogP contribution in [0.3, 0.4) is 0 Å². The molecule has 7 nitrogen and oxygen atoms in total. The zero-order valence-electron chi connectivity index (χ0n) is 17.5. The molecule has 3 rings (SSSR count). The molecule has 3 amide bonds. The highest BCUT2D eigenvalue weighted by atomic mass is 16.3. The molecule has 2 aromatic carbocycles. The smallest absolute Gasteiger partial charge is 0.254 e. The van der Waals surface area contributed by atoms with Gasteiger partial charge in [-0.05, 0) is 24.3 Å². The lowest BCUT2D eigenvalue weighted by Gasteiger charge is -2.19. The number of carbonyl (C=O) groups is 3. The third-order valence-corrected chi connectivity index (χ3v) is 4.67. The number of nitrogens with one attached hydrogen (secondary N) is 2. The molecular weight excluding hydrogens is 382 g/mol. The third-order valence-electron chi connectivity index (χ3n) is 4.67. The summed E-state index contributed by atoms with van der Waals surface area (Å²) >= 11 is 0. The first kappa shape index (κ1) is 21.1. The topological polar surface area (TPSA) is 91.7 Å². The Balaban J connectivity index is 1.92. The molecule has 1 heterocycles. The Labute approximate surface area is 175 Å². The van der Waals surface area contributed by atoms with Gasteiger partial charge in [-0.25, -0.2) is 0 Å². The SMILES string of the molecule is CCc1oc2ccccc2c1CN(C)C(=O)c1cc(NC(C)=O)cc(NC(C)=O)c1. The summed E-state index contributed by atoms with van der Waals surface area (Å²) in [5.74, 6) is 0.0845. The van der Waals surface area contributed by atoms with Crippen LogP contribution in [0.25, 0.3) is 11.0 Å². The Morgan fingerprint density at radius 1 is 0.967 bits per heavy atom. The van der Waals surface area contributed by atoms with Crippen LogP contribution < -0.4 is 10.6 Å². The summed E-state index contributed by atoms with van der Waals surface area (Å²) in [6.45, 7) is 5.16. The Bertz CT molecular complexity index is 1080. The molecule has 0 aliphatic heterocycles.